The molecule has 0 saturated carbocycles. The Bertz CT molecular complexity index is 410. The molecule has 2 aliphatic heterocycles. The number of rotatable bonds is 1. The molecule has 0 aromatic rings. The summed E-state index contributed by atoms with van der Waals surface area (Å²) in [6.07, 6.45) is 17.1. The predicted octanol–water partition coefficient (Wildman–Crippen LogP) is 3.47. The Morgan fingerprint density at radius 2 is 1.65 bits per heavy atom. The Kier molecular flexibility index (Phi) is 14.5. The third kappa shape index (κ3) is 12.7. The molecular formula is C18H25BrO4. The van der Waals surface area contributed by atoms with E-state index in [-0.39, 0.29) is 17.9 Å². The van der Waals surface area contributed by atoms with Gasteiger partial charge in [-0.1, -0.05) is 21.9 Å². The third-order valence-corrected chi connectivity index (χ3v) is 3.58. The minimum absolute atomic E-state index is 0.0255. The number of cyclic esters (lactones) is 2. The van der Waals surface area contributed by atoms with Crippen molar-refractivity contribution in [2.45, 2.75) is 51.4 Å². The van der Waals surface area contributed by atoms with Crippen LogP contribution in [0.2, 0.25) is 0 Å². The molecule has 1 atom stereocenters. The van der Waals surface area contributed by atoms with Crippen molar-refractivity contribution in [1.29, 1.82) is 0 Å². The van der Waals surface area contributed by atoms with E-state index in [4.69, 9.17) is 22.3 Å². The van der Waals surface area contributed by atoms with Crippen LogP contribution in [0.25, 0.3) is 0 Å². The van der Waals surface area contributed by atoms with E-state index in [0.717, 1.165) is 38.5 Å². The summed E-state index contributed by atoms with van der Waals surface area (Å²) in [7, 11) is 0. The molecule has 2 heterocycles. The van der Waals surface area contributed by atoms with Crippen LogP contribution in [-0.4, -0.2) is 30.5 Å². The van der Waals surface area contributed by atoms with Crippen LogP contribution in [0.5, 0.6) is 0 Å². The highest BCUT2D eigenvalue weighted by atomic mass is 79.9. The Morgan fingerprint density at radius 3 is 2.30 bits per heavy atom. The van der Waals surface area contributed by atoms with Crippen molar-refractivity contribution in [1.82, 2.24) is 0 Å². The third-order valence-electron chi connectivity index (χ3n) is 3.25. The van der Waals surface area contributed by atoms with E-state index in [1.807, 2.05) is 0 Å². The van der Waals surface area contributed by atoms with E-state index in [1.165, 1.54) is 0 Å². The quantitative estimate of drug-likeness (QED) is 0.394. The minimum atomic E-state index is -0.111. The van der Waals surface area contributed by atoms with Crippen LogP contribution in [0.3, 0.4) is 0 Å². The van der Waals surface area contributed by atoms with Gasteiger partial charge in [0.1, 0.15) is 0 Å². The summed E-state index contributed by atoms with van der Waals surface area (Å²) in [6.45, 7) is 1.21. The highest BCUT2D eigenvalue weighted by Crippen LogP contribution is 2.17. The zero-order valence-corrected chi connectivity index (χ0v) is 15.1. The second-order valence-electron chi connectivity index (χ2n) is 5.14. The van der Waals surface area contributed by atoms with Crippen molar-refractivity contribution < 1.29 is 19.1 Å². The van der Waals surface area contributed by atoms with E-state index >= 15 is 0 Å². The average Bonchev–Trinajstić information content (AvgIpc) is 2.92. The molecule has 0 spiro atoms. The van der Waals surface area contributed by atoms with E-state index in [9.17, 15) is 9.59 Å². The molecule has 1 unspecified atom stereocenters. The molecule has 5 heteroatoms. The number of carbonyl (C=O) groups excluding carboxylic acids is 2. The maximum Gasteiger partial charge on any atom is 0.309 e. The highest BCUT2D eigenvalue weighted by Gasteiger charge is 2.20. The molecule has 2 saturated heterocycles. The second kappa shape index (κ2) is 15.4. The van der Waals surface area contributed by atoms with Gasteiger partial charge in [0.2, 0.25) is 0 Å². The lowest BCUT2D eigenvalue weighted by Gasteiger charge is -2.06. The monoisotopic (exact) mass is 384 g/mol. The molecule has 0 radical (unpaired) electrons. The van der Waals surface area contributed by atoms with Gasteiger partial charge in [-0.25, -0.2) is 0 Å². The number of ether oxygens (including phenoxy) is 2. The summed E-state index contributed by atoms with van der Waals surface area (Å²) in [5.74, 6) is 4.67. The van der Waals surface area contributed by atoms with Gasteiger partial charge in [-0.05, 0) is 38.5 Å². The van der Waals surface area contributed by atoms with Gasteiger partial charge >= 0.3 is 11.9 Å². The summed E-state index contributed by atoms with van der Waals surface area (Å²) < 4.78 is 9.70. The molecule has 0 bridgehead atoms. The van der Waals surface area contributed by atoms with Crippen LogP contribution in [0.4, 0.5) is 0 Å². The summed E-state index contributed by atoms with van der Waals surface area (Å²) in [4.78, 5) is 21.5. The van der Waals surface area contributed by atoms with Crippen molar-refractivity contribution in [2.24, 2.45) is 5.92 Å². The van der Waals surface area contributed by atoms with E-state index in [2.05, 4.69) is 27.8 Å². The summed E-state index contributed by atoms with van der Waals surface area (Å²) in [5, 5.41) is 0.660. The van der Waals surface area contributed by atoms with Gasteiger partial charge < -0.3 is 9.47 Å². The molecule has 0 aromatic heterocycles. The fraction of sp³-hybridized carbons (Fsp3) is 0.667. The topological polar surface area (TPSA) is 52.6 Å². The fourth-order valence-corrected chi connectivity index (χ4v) is 2.04. The summed E-state index contributed by atoms with van der Waals surface area (Å²) in [6, 6.07) is 0. The molecule has 0 aromatic carbocycles. The lowest BCUT2D eigenvalue weighted by Crippen LogP contribution is -2.14. The summed E-state index contributed by atoms with van der Waals surface area (Å²) >= 11 is 3.01. The first-order chi connectivity index (χ1) is 11.2. The van der Waals surface area contributed by atoms with Crippen molar-refractivity contribution in [3.05, 3.63) is 0 Å². The number of terminal acetylenes is 2. The zero-order chi connectivity index (χ0) is 17.3. The number of esters is 2. The number of carbonyl (C=O) groups is 2. The maximum absolute atomic E-state index is 11.1. The Morgan fingerprint density at radius 1 is 1.00 bits per heavy atom. The van der Waals surface area contributed by atoms with E-state index < -0.39 is 0 Å². The molecule has 2 fully saturated rings. The first-order valence-corrected chi connectivity index (χ1v) is 9.03. The van der Waals surface area contributed by atoms with Gasteiger partial charge in [0.05, 0.1) is 24.5 Å². The molecule has 4 nitrogen and oxygen atoms in total. The van der Waals surface area contributed by atoms with Crippen LogP contribution < -0.4 is 0 Å². The van der Waals surface area contributed by atoms with Crippen molar-refractivity contribution in [2.75, 3.05) is 18.5 Å². The molecule has 2 aliphatic rings. The van der Waals surface area contributed by atoms with Gasteiger partial charge in [-0.2, -0.15) is 0 Å². The van der Waals surface area contributed by atoms with E-state index in [1.54, 1.807) is 0 Å². The Balaban J connectivity index is 0.000000354. The molecule has 0 N–H and O–H groups in total. The molecule has 2 rings (SSSR count). The molecule has 128 valence electrons. The van der Waals surface area contributed by atoms with Crippen LogP contribution in [-0.2, 0) is 19.1 Å². The lowest BCUT2D eigenvalue weighted by molar-refractivity contribution is -0.147. The standard InChI is InChI=1S/C9H12O2.C6H10O2.C3H3Br/c1-2-5-8-6-3-4-7-11-9(8)10;7-6-4-2-1-3-5-8-6;1-2-3-4/h1,8H,3-7H2;1-5H2;1H,3H2. The van der Waals surface area contributed by atoms with E-state index in [0.29, 0.717) is 31.4 Å². The summed E-state index contributed by atoms with van der Waals surface area (Å²) in [5.41, 5.74) is 0. The average molecular weight is 385 g/mol. The molecule has 0 aliphatic carbocycles. The first kappa shape index (κ1) is 21.5. The van der Waals surface area contributed by atoms with Crippen molar-refractivity contribution in [3.63, 3.8) is 0 Å². The second-order valence-corrected chi connectivity index (χ2v) is 5.70. The Labute approximate surface area is 147 Å². The van der Waals surface area contributed by atoms with Crippen LogP contribution in [0, 0.1) is 30.6 Å². The van der Waals surface area contributed by atoms with Gasteiger partial charge in [0.15, 0.2) is 0 Å². The van der Waals surface area contributed by atoms with Crippen molar-refractivity contribution in [3.8, 4) is 24.7 Å². The SMILES string of the molecule is C#CCBr.C#CCC1CCCCOC1=O.O=C1CCCCCO1. The minimum Gasteiger partial charge on any atom is -0.466 e. The van der Waals surface area contributed by atoms with Gasteiger partial charge in [-0.3, -0.25) is 9.59 Å². The fourth-order valence-electron chi connectivity index (χ4n) is 2.04. The Hall–Kier alpha value is -1.46. The number of hydrogen-bond donors (Lipinski definition) is 0. The first-order valence-electron chi connectivity index (χ1n) is 7.90. The van der Waals surface area contributed by atoms with Crippen LogP contribution in [0.1, 0.15) is 51.4 Å². The highest BCUT2D eigenvalue weighted by molar-refractivity contribution is 9.09. The molecule has 0 amide bonds. The normalized spacial score (nSPS) is 20.4. The van der Waals surface area contributed by atoms with Gasteiger partial charge in [-0.15, -0.1) is 18.8 Å². The smallest absolute Gasteiger partial charge is 0.309 e. The predicted molar refractivity (Wildman–Crippen MR) is 93.8 cm³/mol. The molecular weight excluding hydrogens is 360 g/mol. The van der Waals surface area contributed by atoms with Crippen molar-refractivity contribution >= 4 is 27.9 Å². The zero-order valence-electron chi connectivity index (χ0n) is 13.5. The van der Waals surface area contributed by atoms with Crippen LogP contribution >= 0.6 is 15.9 Å². The molecule has 23 heavy (non-hydrogen) atoms. The maximum atomic E-state index is 11.1. The number of alkyl halides is 1. The lowest BCUT2D eigenvalue weighted by atomic mass is 10.0. The van der Waals surface area contributed by atoms with Gasteiger partial charge in [0.25, 0.3) is 0 Å². The van der Waals surface area contributed by atoms with Crippen LogP contribution in [0.15, 0.2) is 0 Å². The van der Waals surface area contributed by atoms with Gasteiger partial charge in [0, 0.05) is 12.8 Å². The largest absolute Gasteiger partial charge is 0.466 e. The number of hydrogen-bond acceptors (Lipinski definition) is 4. The number of halogens is 1.